The Hall–Kier alpha value is -1.68. The van der Waals surface area contributed by atoms with Crippen molar-refractivity contribution in [3.8, 4) is 0 Å². The van der Waals surface area contributed by atoms with Gasteiger partial charge < -0.3 is 5.73 Å². The normalized spacial score (nSPS) is 10.3. The van der Waals surface area contributed by atoms with E-state index >= 15 is 0 Å². The van der Waals surface area contributed by atoms with Crippen LogP contribution in [0.5, 0.6) is 0 Å². The Kier molecular flexibility index (Phi) is 3.77. The number of nitrogens with zero attached hydrogens (tertiary/aromatic N) is 1. The van der Waals surface area contributed by atoms with Crippen LogP contribution in [-0.2, 0) is 6.42 Å². The summed E-state index contributed by atoms with van der Waals surface area (Å²) in [5, 5.41) is 0. The van der Waals surface area contributed by atoms with Crippen molar-refractivity contribution in [1.82, 2.24) is 4.98 Å². The number of hydrogen-bond donors (Lipinski definition) is 1. The zero-order valence-electron chi connectivity index (χ0n) is 9.98. The predicted molar refractivity (Wildman–Crippen MR) is 75.6 cm³/mol. The summed E-state index contributed by atoms with van der Waals surface area (Å²) in [4.78, 5) is 16.1. The molecule has 2 rings (SSSR count). The molecule has 0 radical (unpaired) electrons. The molecule has 0 saturated heterocycles. The van der Waals surface area contributed by atoms with E-state index in [0.29, 0.717) is 12.2 Å². The number of Topliss-reactive ketones (excluding diaryl/α,β-unsaturated/α-hetero) is 1. The van der Waals surface area contributed by atoms with Gasteiger partial charge in [-0.25, -0.2) is 4.98 Å². The maximum Gasteiger partial charge on any atom is 0.167 e. The van der Waals surface area contributed by atoms with Crippen LogP contribution in [0.4, 0.5) is 5.82 Å². The van der Waals surface area contributed by atoms with Gasteiger partial charge in [0, 0.05) is 22.7 Å². The van der Waals surface area contributed by atoms with Crippen LogP contribution in [0.25, 0.3) is 0 Å². The number of halogens is 1. The van der Waals surface area contributed by atoms with E-state index in [1.165, 1.54) is 0 Å². The van der Waals surface area contributed by atoms with E-state index in [4.69, 9.17) is 5.73 Å². The maximum atomic E-state index is 12.2. The monoisotopic (exact) mass is 304 g/mol. The van der Waals surface area contributed by atoms with Crippen molar-refractivity contribution in [3.05, 3.63) is 57.7 Å². The SMILES string of the molecule is Cc1cc(Br)ccc1C(=O)Cc1ccnc(N)c1. The van der Waals surface area contributed by atoms with Crippen molar-refractivity contribution in [2.24, 2.45) is 0 Å². The van der Waals surface area contributed by atoms with E-state index in [9.17, 15) is 4.79 Å². The number of benzene rings is 1. The quantitative estimate of drug-likeness (QED) is 0.886. The smallest absolute Gasteiger partial charge is 0.167 e. The molecule has 0 bridgehead atoms. The lowest BCUT2D eigenvalue weighted by atomic mass is 10.00. The van der Waals surface area contributed by atoms with Gasteiger partial charge in [-0.1, -0.05) is 22.0 Å². The second-order valence-corrected chi connectivity index (χ2v) is 5.06. The number of aryl methyl sites for hydroxylation is 1. The number of ketones is 1. The highest BCUT2D eigenvalue weighted by Crippen LogP contribution is 2.18. The lowest BCUT2D eigenvalue weighted by Gasteiger charge is -2.06. The van der Waals surface area contributed by atoms with E-state index in [1.54, 1.807) is 12.3 Å². The molecule has 18 heavy (non-hydrogen) atoms. The van der Waals surface area contributed by atoms with Crippen molar-refractivity contribution >= 4 is 27.5 Å². The maximum absolute atomic E-state index is 12.2. The number of pyridine rings is 1. The molecule has 0 fully saturated rings. The van der Waals surface area contributed by atoms with Crippen LogP contribution in [0.1, 0.15) is 21.5 Å². The first-order valence-corrected chi connectivity index (χ1v) is 6.35. The van der Waals surface area contributed by atoms with E-state index in [0.717, 1.165) is 21.2 Å². The van der Waals surface area contributed by atoms with Gasteiger partial charge >= 0.3 is 0 Å². The molecule has 0 amide bonds. The van der Waals surface area contributed by atoms with Gasteiger partial charge in [-0.15, -0.1) is 0 Å². The number of carbonyl (C=O) groups is 1. The number of anilines is 1. The molecule has 0 aliphatic heterocycles. The zero-order valence-corrected chi connectivity index (χ0v) is 11.6. The lowest BCUT2D eigenvalue weighted by Crippen LogP contribution is -2.06. The van der Waals surface area contributed by atoms with Crippen LogP contribution in [0.2, 0.25) is 0 Å². The van der Waals surface area contributed by atoms with Crippen molar-refractivity contribution in [2.75, 3.05) is 5.73 Å². The third kappa shape index (κ3) is 2.96. The van der Waals surface area contributed by atoms with Gasteiger partial charge in [0.05, 0.1) is 0 Å². The van der Waals surface area contributed by atoms with E-state index < -0.39 is 0 Å². The average Bonchev–Trinajstić information content (AvgIpc) is 2.28. The number of nitrogen functional groups attached to an aromatic ring is 1. The van der Waals surface area contributed by atoms with Gasteiger partial charge in [0.2, 0.25) is 0 Å². The second-order valence-electron chi connectivity index (χ2n) is 4.15. The summed E-state index contributed by atoms with van der Waals surface area (Å²) in [5.74, 6) is 0.526. The molecule has 1 aromatic carbocycles. The van der Waals surface area contributed by atoms with Crippen LogP contribution in [-0.4, -0.2) is 10.8 Å². The predicted octanol–water partition coefficient (Wildman–Crippen LogP) is 3.16. The molecular formula is C14H13BrN2O. The number of rotatable bonds is 3. The molecule has 2 aromatic rings. The average molecular weight is 305 g/mol. The van der Waals surface area contributed by atoms with Gasteiger partial charge in [-0.2, -0.15) is 0 Å². The highest BCUT2D eigenvalue weighted by molar-refractivity contribution is 9.10. The minimum atomic E-state index is 0.0885. The number of nitrogens with two attached hydrogens (primary N) is 1. The zero-order chi connectivity index (χ0) is 13.1. The molecule has 0 aliphatic carbocycles. The summed E-state index contributed by atoms with van der Waals surface area (Å²) in [6, 6.07) is 9.19. The molecular weight excluding hydrogens is 292 g/mol. The Bertz CT molecular complexity index is 596. The van der Waals surface area contributed by atoms with Crippen molar-refractivity contribution in [1.29, 1.82) is 0 Å². The third-order valence-corrected chi connectivity index (χ3v) is 3.19. The fourth-order valence-corrected chi connectivity index (χ4v) is 2.30. The number of carbonyl (C=O) groups excluding carboxylic acids is 1. The van der Waals surface area contributed by atoms with Crippen LogP contribution < -0.4 is 5.73 Å². The highest BCUT2D eigenvalue weighted by Gasteiger charge is 2.10. The Morgan fingerprint density at radius 3 is 2.78 bits per heavy atom. The van der Waals surface area contributed by atoms with E-state index in [2.05, 4.69) is 20.9 Å². The van der Waals surface area contributed by atoms with Gasteiger partial charge in [0.15, 0.2) is 5.78 Å². The molecule has 92 valence electrons. The first-order valence-electron chi connectivity index (χ1n) is 5.56. The van der Waals surface area contributed by atoms with Crippen LogP contribution >= 0.6 is 15.9 Å². The molecule has 0 aliphatic rings. The molecule has 0 atom stereocenters. The molecule has 0 saturated carbocycles. The molecule has 1 heterocycles. The van der Waals surface area contributed by atoms with Crippen LogP contribution in [0.3, 0.4) is 0 Å². The fourth-order valence-electron chi connectivity index (χ4n) is 1.82. The third-order valence-electron chi connectivity index (χ3n) is 2.70. The summed E-state index contributed by atoms with van der Waals surface area (Å²) < 4.78 is 0.977. The lowest BCUT2D eigenvalue weighted by molar-refractivity contribution is 0.0992. The standard InChI is InChI=1S/C14H13BrN2O/c1-9-6-11(15)2-3-12(9)13(18)7-10-4-5-17-14(16)8-10/h2-6,8H,7H2,1H3,(H2,16,17). The summed E-state index contributed by atoms with van der Waals surface area (Å²) in [7, 11) is 0. The minimum Gasteiger partial charge on any atom is -0.384 e. The highest BCUT2D eigenvalue weighted by atomic mass is 79.9. The molecule has 2 N–H and O–H groups in total. The van der Waals surface area contributed by atoms with Gasteiger partial charge in [-0.3, -0.25) is 4.79 Å². The largest absolute Gasteiger partial charge is 0.384 e. The molecule has 0 unspecified atom stereocenters. The summed E-state index contributed by atoms with van der Waals surface area (Å²) in [6.45, 7) is 1.93. The number of hydrogen-bond acceptors (Lipinski definition) is 3. The summed E-state index contributed by atoms with van der Waals surface area (Å²) in [6.07, 6.45) is 1.96. The Balaban J connectivity index is 2.22. The van der Waals surface area contributed by atoms with Crippen molar-refractivity contribution in [2.45, 2.75) is 13.3 Å². The first-order chi connectivity index (χ1) is 8.56. The van der Waals surface area contributed by atoms with E-state index in [-0.39, 0.29) is 5.78 Å². The van der Waals surface area contributed by atoms with Crippen molar-refractivity contribution < 1.29 is 4.79 Å². The molecule has 3 nitrogen and oxygen atoms in total. The summed E-state index contributed by atoms with van der Waals surface area (Å²) in [5.41, 5.74) is 8.19. The Labute approximate surface area is 114 Å². The Morgan fingerprint density at radius 1 is 1.33 bits per heavy atom. The fraction of sp³-hybridized carbons (Fsp3) is 0.143. The van der Waals surface area contributed by atoms with Gasteiger partial charge in [0.25, 0.3) is 0 Å². The van der Waals surface area contributed by atoms with Crippen LogP contribution in [0.15, 0.2) is 41.0 Å². The van der Waals surface area contributed by atoms with Crippen molar-refractivity contribution in [3.63, 3.8) is 0 Å². The molecule has 0 spiro atoms. The molecule has 1 aromatic heterocycles. The second kappa shape index (κ2) is 5.31. The van der Waals surface area contributed by atoms with E-state index in [1.807, 2.05) is 31.2 Å². The summed E-state index contributed by atoms with van der Waals surface area (Å²) >= 11 is 3.39. The Morgan fingerprint density at radius 2 is 2.11 bits per heavy atom. The van der Waals surface area contributed by atoms with Gasteiger partial charge in [-0.05, 0) is 42.3 Å². The number of aromatic nitrogens is 1. The van der Waals surface area contributed by atoms with Crippen LogP contribution in [0, 0.1) is 6.92 Å². The minimum absolute atomic E-state index is 0.0885. The van der Waals surface area contributed by atoms with Gasteiger partial charge in [0.1, 0.15) is 5.82 Å². The first kappa shape index (κ1) is 12.8. The topological polar surface area (TPSA) is 56.0 Å². The molecule has 4 heteroatoms.